The highest BCUT2D eigenvalue weighted by atomic mass is 35.5. The Hall–Kier alpha value is -2.40. The van der Waals surface area contributed by atoms with Crippen molar-refractivity contribution in [3.63, 3.8) is 0 Å². The van der Waals surface area contributed by atoms with E-state index in [-0.39, 0.29) is 35.5 Å². The Labute approximate surface area is 183 Å². The summed E-state index contributed by atoms with van der Waals surface area (Å²) in [6, 6.07) is 6.00. The molecule has 0 saturated heterocycles. The maximum Gasteiger partial charge on any atom is 0.377 e. The van der Waals surface area contributed by atoms with Crippen LogP contribution in [0.1, 0.15) is 12.5 Å². The smallest absolute Gasteiger partial charge is 0.377 e. The molecular weight excluding hydrogens is 470 g/mol. The van der Waals surface area contributed by atoms with Gasteiger partial charge in [0.05, 0.1) is 0 Å². The number of carboxylic acids is 1. The normalized spacial score (nSPS) is 13.9. The lowest BCUT2D eigenvalue weighted by molar-refractivity contribution is -0.324. The van der Waals surface area contributed by atoms with Crippen molar-refractivity contribution >= 4 is 28.3 Å². The third-order valence-corrected chi connectivity index (χ3v) is 4.83. The number of phenolic OH excluding ortho intramolecular Hbond substituents is 1. The molecule has 1 unspecified atom stereocenters. The topological polar surface area (TPSA) is 76.0 Å². The minimum absolute atomic E-state index is 0.216. The van der Waals surface area contributed by atoms with Crippen molar-refractivity contribution in [1.82, 2.24) is 0 Å². The van der Waals surface area contributed by atoms with E-state index in [2.05, 4.69) is 9.47 Å². The number of hydrogen-bond acceptors (Lipinski definition) is 4. The molecule has 0 fully saturated rings. The summed E-state index contributed by atoms with van der Waals surface area (Å²) in [5, 5.41) is 18.0. The first-order valence-electron chi connectivity index (χ1n) is 9.18. The zero-order valence-corrected chi connectivity index (χ0v) is 17.3. The first kappa shape index (κ1) is 25.9. The van der Waals surface area contributed by atoms with Crippen LogP contribution in [0.4, 0.5) is 26.3 Å². The van der Waals surface area contributed by atoms with Gasteiger partial charge < -0.3 is 19.7 Å². The number of hydrogen-bond donors (Lipinski definition) is 2. The minimum Gasteiger partial charge on any atom is -0.508 e. The van der Waals surface area contributed by atoms with Crippen LogP contribution >= 0.6 is 11.6 Å². The van der Waals surface area contributed by atoms with Gasteiger partial charge in [-0.2, -0.15) is 26.3 Å². The van der Waals surface area contributed by atoms with Gasteiger partial charge in [-0.3, -0.25) is 4.79 Å². The highest BCUT2D eigenvalue weighted by Crippen LogP contribution is 2.46. The van der Waals surface area contributed by atoms with Gasteiger partial charge in [0.15, 0.2) is 6.61 Å². The second kappa shape index (κ2) is 9.62. The van der Waals surface area contributed by atoms with E-state index in [4.69, 9.17) is 16.7 Å². The van der Waals surface area contributed by atoms with Crippen LogP contribution in [0.2, 0.25) is 0 Å². The van der Waals surface area contributed by atoms with E-state index in [9.17, 15) is 36.2 Å². The second-order valence-corrected chi connectivity index (χ2v) is 7.43. The Balaban J connectivity index is 2.29. The Morgan fingerprint density at radius 2 is 1.69 bits per heavy atom. The molecule has 0 amide bonds. The van der Waals surface area contributed by atoms with E-state index in [0.717, 1.165) is 12.1 Å². The van der Waals surface area contributed by atoms with Crippen LogP contribution in [0, 0.1) is 0 Å². The summed E-state index contributed by atoms with van der Waals surface area (Å²) < 4.78 is 91.7. The molecule has 12 heteroatoms. The minimum atomic E-state index is -5.75. The van der Waals surface area contributed by atoms with Gasteiger partial charge in [0.2, 0.25) is 0 Å². The molecule has 0 spiro atoms. The number of phenols is 1. The van der Waals surface area contributed by atoms with Crippen LogP contribution in [-0.4, -0.2) is 59.1 Å². The highest BCUT2D eigenvalue weighted by molar-refractivity contribution is 6.29. The monoisotopic (exact) mass is 488 g/mol. The van der Waals surface area contributed by atoms with Crippen LogP contribution in [0.5, 0.6) is 11.5 Å². The molecule has 0 aliphatic carbocycles. The van der Waals surface area contributed by atoms with E-state index in [1.54, 1.807) is 0 Å². The number of carboxylic acid groups (broad SMARTS) is 1. The second-order valence-electron chi connectivity index (χ2n) is 6.91. The van der Waals surface area contributed by atoms with Crippen molar-refractivity contribution in [3.05, 3.63) is 35.9 Å². The van der Waals surface area contributed by atoms with Crippen LogP contribution in [0.25, 0.3) is 10.8 Å². The van der Waals surface area contributed by atoms with Gasteiger partial charge in [-0.1, -0.05) is 6.07 Å². The van der Waals surface area contributed by atoms with Gasteiger partial charge in [-0.15, -0.1) is 11.6 Å². The summed E-state index contributed by atoms with van der Waals surface area (Å²) in [4.78, 5) is 11.0. The van der Waals surface area contributed by atoms with E-state index in [1.807, 2.05) is 0 Å². The van der Waals surface area contributed by atoms with E-state index >= 15 is 0 Å². The SMILES string of the molecule is CCOCC(F)(F)C(F)(F)C(F)(F)COc1ccc2cc(O)cc(CC(Cl)C(=O)O)c2c1. The average molecular weight is 489 g/mol. The number of aliphatic carboxylic acids is 1. The molecule has 2 rings (SSSR count). The van der Waals surface area contributed by atoms with Gasteiger partial charge in [0.25, 0.3) is 0 Å². The first-order valence-corrected chi connectivity index (χ1v) is 9.62. The number of rotatable bonds is 11. The maximum atomic E-state index is 14.0. The molecule has 0 heterocycles. The van der Waals surface area contributed by atoms with Crippen molar-refractivity contribution in [3.8, 4) is 11.5 Å². The molecule has 0 aromatic heterocycles. The summed E-state index contributed by atoms with van der Waals surface area (Å²) in [7, 11) is 0. The fraction of sp³-hybridized carbons (Fsp3) is 0.450. The van der Waals surface area contributed by atoms with Gasteiger partial charge in [0, 0.05) is 13.0 Å². The molecule has 0 aliphatic heterocycles. The molecule has 5 nitrogen and oxygen atoms in total. The fourth-order valence-corrected chi connectivity index (χ4v) is 2.95. The Morgan fingerprint density at radius 1 is 1.06 bits per heavy atom. The Kier molecular flexibility index (Phi) is 7.77. The zero-order valence-electron chi connectivity index (χ0n) is 16.6. The molecule has 2 aromatic carbocycles. The number of fused-ring (bicyclic) bond motifs is 1. The Bertz CT molecular complexity index is 969. The summed E-state index contributed by atoms with van der Waals surface area (Å²) in [6.45, 7) is -3.08. The predicted molar refractivity (Wildman–Crippen MR) is 103 cm³/mol. The lowest BCUT2D eigenvalue weighted by Crippen LogP contribution is -2.58. The number of carbonyl (C=O) groups is 1. The maximum absolute atomic E-state index is 14.0. The number of ether oxygens (including phenoxy) is 2. The molecule has 2 aromatic rings. The third kappa shape index (κ3) is 5.50. The zero-order chi connectivity index (χ0) is 24.3. The largest absolute Gasteiger partial charge is 0.508 e. The number of halogens is 7. The number of alkyl halides is 7. The molecule has 0 bridgehead atoms. The predicted octanol–water partition coefficient (Wildman–Crippen LogP) is 5.10. The quantitative estimate of drug-likeness (QED) is 0.340. The fourth-order valence-electron chi connectivity index (χ4n) is 2.79. The molecule has 0 radical (unpaired) electrons. The van der Waals surface area contributed by atoms with E-state index < -0.39 is 42.3 Å². The number of benzene rings is 2. The molecule has 0 saturated carbocycles. The van der Waals surface area contributed by atoms with Crippen LogP contribution in [0.3, 0.4) is 0 Å². The highest BCUT2D eigenvalue weighted by Gasteiger charge is 2.71. The summed E-state index contributed by atoms with van der Waals surface area (Å²) in [5.41, 5.74) is 0.216. The lowest BCUT2D eigenvalue weighted by atomic mass is 10.00. The standard InChI is InChI=1S/C20H19ClF6O5/c1-2-31-9-18(22,23)20(26,27)19(24,25)10-32-14-4-3-11-5-13(28)6-12(15(11)8-14)7-16(21)17(29)30/h3-6,8,16,28H,2,7,9-10H2,1H3,(H,29,30). The Morgan fingerprint density at radius 3 is 2.28 bits per heavy atom. The van der Waals surface area contributed by atoms with E-state index in [0.29, 0.717) is 5.39 Å². The van der Waals surface area contributed by atoms with Gasteiger partial charge in [-0.25, -0.2) is 0 Å². The van der Waals surface area contributed by atoms with Gasteiger partial charge in [0.1, 0.15) is 23.5 Å². The van der Waals surface area contributed by atoms with Crippen molar-refractivity contribution in [2.45, 2.75) is 36.5 Å². The molecule has 0 aliphatic rings. The number of aromatic hydroxyl groups is 1. The lowest BCUT2D eigenvalue weighted by Gasteiger charge is -2.32. The van der Waals surface area contributed by atoms with Crippen molar-refractivity contribution < 1.29 is 50.8 Å². The molecule has 178 valence electrons. The molecule has 1 atom stereocenters. The van der Waals surface area contributed by atoms with Gasteiger partial charge >= 0.3 is 23.7 Å². The van der Waals surface area contributed by atoms with Crippen molar-refractivity contribution in [2.75, 3.05) is 19.8 Å². The molecule has 2 N–H and O–H groups in total. The summed E-state index contributed by atoms with van der Waals surface area (Å²) in [6.07, 6.45) is -0.261. The summed E-state index contributed by atoms with van der Waals surface area (Å²) >= 11 is 5.72. The van der Waals surface area contributed by atoms with Crippen LogP contribution in [-0.2, 0) is 16.0 Å². The average Bonchev–Trinajstić information content (AvgIpc) is 2.70. The molecular formula is C20H19ClF6O5. The van der Waals surface area contributed by atoms with Crippen LogP contribution < -0.4 is 4.74 Å². The summed E-state index contributed by atoms with van der Waals surface area (Å²) in [5.74, 6) is -18.1. The van der Waals surface area contributed by atoms with Crippen molar-refractivity contribution in [2.24, 2.45) is 0 Å². The van der Waals surface area contributed by atoms with Gasteiger partial charge in [-0.05, 0) is 47.5 Å². The third-order valence-electron chi connectivity index (χ3n) is 4.49. The van der Waals surface area contributed by atoms with E-state index in [1.165, 1.54) is 25.1 Å². The van der Waals surface area contributed by atoms with Crippen molar-refractivity contribution in [1.29, 1.82) is 0 Å². The van der Waals surface area contributed by atoms with Crippen LogP contribution in [0.15, 0.2) is 30.3 Å². The first-order chi connectivity index (χ1) is 14.7. The molecule has 32 heavy (non-hydrogen) atoms.